The third-order valence-electron chi connectivity index (χ3n) is 4.63. The van der Waals surface area contributed by atoms with Crippen molar-refractivity contribution < 1.29 is 18.9 Å². The number of nitrogens with zero attached hydrogens (tertiary/aromatic N) is 1. The molecule has 7 nitrogen and oxygen atoms in total. The molecule has 0 aliphatic carbocycles. The van der Waals surface area contributed by atoms with E-state index in [2.05, 4.69) is 9.97 Å². The number of hydrogen-bond acceptors (Lipinski definition) is 6. The highest BCUT2D eigenvalue weighted by atomic mass is 16.5. The summed E-state index contributed by atoms with van der Waals surface area (Å²) in [5.41, 5.74) is 0.421. The molecule has 0 atom stereocenters. The maximum Gasteiger partial charge on any atom is 0.258 e. The molecule has 4 rings (SSSR count). The van der Waals surface area contributed by atoms with Crippen LogP contribution in [0, 0.1) is 0 Å². The van der Waals surface area contributed by atoms with Crippen LogP contribution < -0.4 is 15.0 Å². The van der Waals surface area contributed by atoms with E-state index >= 15 is 0 Å². The summed E-state index contributed by atoms with van der Waals surface area (Å²) in [5.74, 6) is 1.24. The molecule has 0 radical (unpaired) electrons. The molecule has 0 saturated carbocycles. The number of fused-ring (bicyclic) bond motifs is 1. The quantitative estimate of drug-likeness (QED) is 0.912. The number of hydrogen-bond donors (Lipinski definition) is 1. The van der Waals surface area contributed by atoms with E-state index in [0.29, 0.717) is 48.8 Å². The van der Waals surface area contributed by atoms with Crippen LogP contribution in [-0.4, -0.2) is 48.6 Å². The zero-order valence-electron chi connectivity index (χ0n) is 14.0. The molecule has 2 aromatic rings. The van der Waals surface area contributed by atoms with Gasteiger partial charge in [-0.2, -0.15) is 0 Å². The maximum absolute atomic E-state index is 12.1. The van der Waals surface area contributed by atoms with E-state index in [-0.39, 0.29) is 17.8 Å². The second-order valence-electron chi connectivity index (χ2n) is 6.41. The van der Waals surface area contributed by atoms with Gasteiger partial charge in [0.15, 0.2) is 11.5 Å². The number of H-pyrrole nitrogens is 1. The molecule has 0 amide bonds. The minimum atomic E-state index is -0.181. The van der Waals surface area contributed by atoms with Gasteiger partial charge in [-0.3, -0.25) is 4.79 Å². The highest BCUT2D eigenvalue weighted by Gasteiger charge is 2.22. The van der Waals surface area contributed by atoms with Crippen molar-refractivity contribution >= 4 is 10.9 Å². The van der Waals surface area contributed by atoms with Crippen LogP contribution in [0.1, 0.15) is 25.7 Å². The molecular weight excluding hydrogens is 324 g/mol. The Hall–Kier alpha value is -2.12. The van der Waals surface area contributed by atoms with Crippen molar-refractivity contribution in [3.05, 3.63) is 28.8 Å². The van der Waals surface area contributed by atoms with Gasteiger partial charge in [0.1, 0.15) is 12.2 Å². The standard InChI is InChI=1S/C18H22N2O5/c21-18-14-9-16(24-12-1-5-22-6-2-12)17(10-15(14)19-11-20-18)25-13-3-7-23-8-4-13/h9-13H,1-8H2,(H,19,20,21). The lowest BCUT2D eigenvalue weighted by Crippen LogP contribution is -2.28. The van der Waals surface area contributed by atoms with Gasteiger partial charge in [0.25, 0.3) is 5.56 Å². The molecule has 1 aromatic carbocycles. The molecule has 1 aromatic heterocycles. The zero-order valence-corrected chi connectivity index (χ0v) is 14.0. The molecule has 134 valence electrons. The van der Waals surface area contributed by atoms with E-state index in [0.717, 1.165) is 25.7 Å². The number of benzene rings is 1. The molecule has 2 fully saturated rings. The summed E-state index contributed by atoms with van der Waals surface area (Å²) in [6, 6.07) is 3.54. The fourth-order valence-corrected chi connectivity index (χ4v) is 3.21. The summed E-state index contributed by atoms with van der Waals surface area (Å²) in [4.78, 5) is 19.0. The molecule has 3 heterocycles. The highest BCUT2D eigenvalue weighted by Crippen LogP contribution is 2.34. The van der Waals surface area contributed by atoms with E-state index < -0.39 is 0 Å². The normalized spacial score (nSPS) is 19.8. The van der Waals surface area contributed by atoms with Crippen LogP contribution in [0.3, 0.4) is 0 Å². The summed E-state index contributed by atoms with van der Waals surface area (Å²) >= 11 is 0. The van der Waals surface area contributed by atoms with Gasteiger partial charge in [-0.25, -0.2) is 4.98 Å². The van der Waals surface area contributed by atoms with Crippen LogP contribution >= 0.6 is 0 Å². The molecule has 2 saturated heterocycles. The fourth-order valence-electron chi connectivity index (χ4n) is 3.21. The van der Waals surface area contributed by atoms with E-state index in [4.69, 9.17) is 18.9 Å². The second-order valence-corrected chi connectivity index (χ2v) is 6.41. The predicted octanol–water partition coefficient (Wildman–Crippen LogP) is 2.04. The Labute approximate surface area is 145 Å². The molecular formula is C18H22N2O5. The number of rotatable bonds is 4. The van der Waals surface area contributed by atoms with E-state index in [1.165, 1.54) is 6.33 Å². The minimum absolute atomic E-state index is 0.0685. The van der Waals surface area contributed by atoms with Gasteiger partial charge in [-0.05, 0) is 6.07 Å². The van der Waals surface area contributed by atoms with E-state index in [1.54, 1.807) is 12.1 Å². The number of aromatic nitrogens is 2. The first-order chi connectivity index (χ1) is 12.3. The SMILES string of the molecule is O=c1[nH]cnc2cc(OC3CCOCC3)c(OC3CCOCC3)cc12. The Morgan fingerprint density at radius 2 is 1.48 bits per heavy atom. The van der Waals surface area contributed by atoms with Crippen molar-refractivity contribution in [1.29, 1.82) is 0 Å². The van der Waals surface area contributed by atoms with Crippen molar-refractivity contribution in [1.82, 2.24) is 9.97 Å². The topological polar surface area (TPSA) is 82.7 Å². The van der Waals surface area contributed by atoms with Gasteiger partial charge in [-0.1, -0.05) is 0 Å². The van der Waals surface area contributed by atoms with Gasteiger partial charge >= 0.3 is 0 Å². The smallest absolute Gasteiger partial charge is 0.258 e. The molecule has 2 aliphatic rings. The maximum atomic E-state index is 12.1. The average molecular weight is 346 g/mol. The number of aromatic amines is 1. The Kier molecular flexibility index (Phi) is 4.85. The summed E-state index contributed by atoms with van der Waals surface area (Å²) < 4.78 is 23.1. The lowest BCUT2D eigenvalue weighted by atomic mass is 10.1. The summed E-state index contributed by atoms with van der Waals surface area (Å²) in [5, 5.41) is 0.504. The molecule has 0 bridgehead atoms. The Balaban J connectivity index is 1.66. The molecule has 1 N–H and O–H groups in total. The summed E-state index contributed by atoms with van der Waals surface area (Å²) in [7, 11) is 0. The predicted molar refractivity (Wildman–Crippen MR) is 91.3 cm³/mol. The molecule has 7 heteroatoms. The highest BCUT2D eigenvalue weighted by molar-refractivity contribution is 5.81. The Bertz CT molecular complexity index is 779. The van der Waals surface area contributed by atoms with Gasteiger partial charge < -0.3 is 23.9 Å². The van der Waals surface area contributed by atoms with Gasteiger partial charge in [0.05, 0.1) is 43.7 Å². The Morgan fingerprint density at radius 3 is 2.08 bits per heavy atom. The first kappa shape index (κ1) is 16.4. The van der Waals surface area contributed by atoms with Crippen molar-refractivity contribution in [2.45, 2.75) is 37.9 Å². The van der Waals surface area contributed by atoms with Crippen LogP contribution in [0.2, 0.25) is 0 Å². The van der Waals surface area contributed by atoms with E-state index in [9.17, 15) is 4.79 Å². The van der Waals surface area contributed by atoms with E-state index in [1.807, 2.05) is 0 Å². The number of nitrogens with one attached hydrogen (secondary N) is 1. The lowest BCUT2D eigenvalue weighted by molar-refractivity contribution is 0.0142. The van der Waals surface area contributed by atoms with Crippen LogP contribution in [0.4, 0.5) is 0 Å². The van der Waals surface area contributed by atoms with Crippen LogP contribution in [0.5, 0.6) is 11.5 Å². The van der Waals surface area contributed by atoms with Crippen LogP contribution in [-0.2, 0) is 9.47 Å². The minimum Gasteiger partial charge on any atom is -0.486 e. The van der Waals surface area contributed by atoms with Crippen molar-refractivity contribution in [2.75, 3.05) is 26.4 Å². The fraction of sp³-hybridized carbons (Fsp3) is 0.556. The first-order valence-corrected chi connectivity index (χ1v) is 8.80. The number of ether oxygens (including phenoxy) is 4. The second kappa shape index (κ2) is 7.41. The largest absolute Gasteiger partial charge is 0.486 e. The molecule has 0 unspecified atom stereocenters. The van der Waals surface area contributed by atoms with Gasteiger partial charge in [0, 0.05) is 31.7 Å². The van der Waals surface area contributed by atoms with Crippen LogP contribution in [0.25, 0.3) is 10.9 Å². The first-order valence-electron chi connectivity index (χ1n) is 8.80. The lowest BCUT2D eigenvalue weighted by Gasteiger charge is -2.27. The van der Waals surface area contributed by atoms with Gasteiger partial charge in [0.2, 0.25) is 0 Å². The van der Waals surface area contributed by atoms with Crippen molar-refractivity contribution in [2.24, 2.45) is 0 Å². The summed E-state index contributed by atoms with van der Waals surface area (Å²) in [6.45, 7) is 2.78. The monoisotopic (exact) mass is 346 g/mol. The Morgan fingerprint density at radius 1 is 0.920 bits per heavy atom. The van der Waals surface area contributed by atoms with Crippen LogP contribution in [0.15, 0.2) is 23.3 Å². The summed E-state index contributed by atoms with van der Waals surface area (Å²) in [6.07, 6.45) is 4.91. The molecule has 2 aliphatic heterocycles. The zero-order chi connectivity index (χ0) is 17.1. The average Bonchev–Trinajstić information content (AvgIpc) is 2.65. The van der Waals surface area contributed by atoms with Gasteiger partial charge in [-0.15, -0.1) is 0 Å². The van der Waals surface area contributed by atoms with Crippen molar-refractivity contribution in [3.63, 3.8) is 0 Å². The molecule has 0 spiro atoms. The molecule has 25 heavy (non-hydrogen) atoms. The third kappa shape index (κ3) is 3.77. The third-order valence-corrected chi connectivity index (χ3v) is 4.63. The van der Waals surface area contributed by atoms with Crippen molar-refractivity contribution in [3.8, 4) is 11.5 Å².